The third-order valence-corrected chi connectivity index (χ3v) is 8.47. The van der Waals surface area contributed by atoms with Gasteiger partial charge in [-0.15, -0.1) is 0 Å². The zero-order chi connectivity index (χ0) is 27.9. The van der Waals surface area contributed by atoms with E-state index in [2.05, 4.69) is 13.7 Å². The van der Waals surface area contributed by atoms with Gasteiger partial charge in [-0.3, -0.25) is 10.1 Å². The van der Waals surface area contributed by atoms with E-state index < -0.39 is 5.54 Å². The predicted molar refractivity (Wildman–Crippen MR) is 157 cm³/mol. The molecule has 0 radical (unpaired) electrons. The summed E-state index contributed by atoms with van der Waals surface area (Å²) in [6.45, 7) is 0. The number of rotatable bonds is 10. The second kappa shape index (κ2) is 10.2. The summed E-state index contributed by atoms with van der Waals surface area (Å²) >= 11 is 0. The number of aryl methyl sites for hydroxylation is 6. The Morgan fingerprint density at radius 1 is 0.600 bits per heavy atom. The maximum absolute atomic E-state index is 13.0. The molecule has 0 fully saturated rings. The van der Waals surface area contributed by atoms with E-state index in [0.29, 0.717) is 38.5 Å². The lowest BCUT2D eigenvalue weighted by Gasteiger charge is -2.25. The van der Waals surface area contributed by atoms with Gasteiger partial charge >= 0.3 is 0 Å². The molecular formula is C31H33N7O2. The summed E-state index contributed by atoms with van der Waals surface area (Å²) in [5.41, 5.74) is 4.66. The molecule has 6 rings (SSSR count). The van der Waals surface area contributed by atoms with Gasteiger partial charge in [0.15, 0.2) is 0 Å². The Morgan fingerprint density at radius 2 is 0.900 bits per heavy atom. The average molecular weight is 536 g/mol. The third kappa shape index (κ3) is 4.51. The lowest BCUT2D eigenvalue weighted by Crippen LogP contribution is -2.40. The second-order valence-corrected chi connectivity index (χ2v) is 10.7. The number of fused-ring (bicyclic) bond motifs is 3. The summed E-state index contributed by atoms with van der Waals surface area (Å²) in [5, 5.41) is 13.0. The van der Waals surface area contributed by atoms with Crippen molar-refractivity contribution in [3.05, 3.63) is 100 Å². The Hall–Kier alpha value is -4.53. The molecule has 9 heteroatoms. The highest BCUT2D eigenvalue weighted by atomic mass is 16.6. The molecular weight excluding hydrogens is 502 g/mol. The van der Waals surface area contributed by atoms with Gasteiger partial charge in [0.2, 0.25) is 5.54 Å². The van der Waals surface area contributed by atoms with Crippen LogP contribution in [-0.4, -0.2) is 39.1 Å². The maximum atomic E-state index is 13.0. The summed E-state index contributed by atoms with van der Waals surface area (Å²) in [6, 6.07) is 23.9. The van der Waals surface area contributed by atoms with Gasteiger partial charge in [-0.2, -0.15) is 0 Å². The van der Waals surface area contributed by atoms with E-state index in [9.17, 15) is 10.1 Å². The van der Waals surface area contributed by atoms with Gasteiger partial charge in [-0.1, -0.05) is 36.4 Å². The number of hydrogen-bond donors (Lipinski definition) is 0. The minimum absolute atomic E-state index is 0.0546. The zero-order valence-corrected chi connectivity index (χ0v) is 23.1. The van der Waals surface area contributed by atoms with Crippen LogP contribution < -0.4 is 0 Å². The van der Waals surface area contributed by atoms with E-state index in [1.807, 2.05) is 93.9 Å². The van der Waals surface area contributed by atoms with Crippen molar-refractivity contribution in [3.8, 4) is 0 Å². The number of hydrogen-bond acceptors (Lipinski definition) is 5. The Morgan fingerprint density at radius 3 is 1.18 bits per heavy atom. The van der Waals surface area contributed by atoms with E-state index >= 15 is 0 Å². The van der Waals surface area contributed by atoms with Gasteiger partial charge in [-0.05, 0) is 36.4 Å². The fourth-order valence-corrected chi connectivity index (χ4v) is 5.94. The Bertz CT molecular complexity index is 1640. The maximum Gasteiger partial charge on any atom is 0.223 e. The standard InChI is InChI=1S/C31H33N7O2/c1-35-25-13-7-4-10-22(25)32-28(35)16-19-31(38(39)40,20-17-29-33-23-11-5-8-14-26(23)36(29)2)21-18-30-34-24-12-6-9-15-27(24)37(30)3/h4-15H,16-21H2,1-3H3. The number of benzene rings is 3. The molecule has 3 aromatic carbocycles. The number of para-hydroxylation sites is 6. The van der Waals surface area contributed by atoms with Crippen molar-refractivity contribution in [2.45, 2.75) is 44.1 Å². The van der Waals surface area contributed by atoms with Crippen molar-refractivity contribution in [3.63, 3.8) is 0 Å². The first-order valence-electron chi connectivity index (χ1n) is 13.7. The van der Waals surface area contributed by atoms with Crippen LogP contribution in [0.5, 0.6) is 0 Å². The summed E-state index contributed by atoms with van der Waals surface area (Å²) in [4.78, 5) is 27.3. The molecule has 0 saturated carbocycles. The summed E-state index contributed by atoms with van der Waals surface area (Å²) in [7, 11) is 5.95. The first kappa shape index (κ1) is 25.7. The largest absolute Gasteiger partial charge is 0.331 e. The number of nitrogens with zero attached hydrogens (tertiary/aromatic N) is 7. The van der Waals surface area contributed by atoms with Crippen LogP contribution in [0, 0.1) is 10.1 Å². The Kier molecular flexibility index (Phi) is 6.57. The van der Waals surface area contributed by atoms with Crippen LogP contribution >= 0.6 is 0 Å². The quantitative estimate of drug-likeness (QED) is 0.169. The van der Waals surface area contributed by atoms with Crippen molar-refractivity contribution < 1.29 is 4.92 Å². The summed E-state index contributed by atoms with van der Waals surface area (Å²) in [6.07, 6.45) is 2.67. The van der Waals surface area contributed by atoms with E-state index in [4.69, 9.17) is 15.0 Å². The van der Waals surface area contributed by atoms with E-state index in [0.717, 1.165) is 50.6 Å². The molecule has 6 aromatic rings. The van der Waals surface area contributed by atoms with Gasteiger partial charge in [-0.25, -0.2) is 15.0 Å². The molecule has 0 N–H and O–H groups in total. The van der Waals surface area contributed by atoms with Crippen LogP contribution in [0.1, 0.15) is 36.7 Å². The molecule has 0 bridgehead atoms. The minimum Gasteiger partial charge on any atom is -0.331 e. The van der Waals surface area contributed by atoms with Crippen molar-refractivity contribution in [1.82, 2.24) is 28.7 Å². The first-order chi connectivity index (χ1) is 19.4. The van der Waals surface area contributed by atoms with Crippen LogP contribution in [0.25, 0.3) is 33.1 Å². The third-order valence-electron chi connectivity index (χ3n) is 8.47. The van der Waals surface area contributed by atoms with Crippen LogP contribution in [0.3, 0.4) is 0 Å². The molecule has 3 aromatic heterocycles. The Balaban J connectivity index is 1.31. The fraction of sp³-hybridized carbons (Fsp3) is 0.323. The summed E-state index contributed by atoms with van der Waals surface area (Å²) < 4.78 is 6.16. The monoisotopic (exact) mass is 535 g/mol. The molecule has 40 heavy (non-hydrogen) atoms. The molecule has 0 aliphatic rings. The van der Waals surface area contributed by atoms with E-state index in [1.165, 1.54) is 0 Å². The van der Waals surface area contributed by atoms with E-state index in [1.54, 1.807) is 0 Å². The second-order valence-electron chi connectivity index (χ2n) is 10.7. The topological polar surface area (TPSA) is 96.6 Å². The molecule has 0 saturated heterocycles. The molecule has 0 spiro atoms. The van der Waals surface area contributed by atoms with E-state index in [-0.39, 0.29) is 4.92 Å². The van der Waals surface area contributed by atoms with Crippen LogP contribution in [-0.2, 0) is 40.4 Å². The van der Waals surface area contributed by atoms with Crippen LogP contribution in [0.2, 0.25) is 0 Å². The lowest BCUT2D eigenvalue weighted by molar-refractivity contribution is -0.574. The molecule has 0 unspecified atom stereocenters. The fourth-order valence-electron chi connectivity index (χ4n) is 5.94. The zero-order valence-electron chi connectivity index (χ0n) is 23.1. The predicted octanol–water partition coefficient (Wildman–Crippen LogP) is 5.56. The first-order valence-corrected chi connectivity index (χ1v) is 13.7. The van der Waals surface area contributed by atoms with Crippen molar-refractivity contribution in [2.24, 2.45) is 21.1 Å². The van der Waals surface area contributed by atoms with Crippen molar-refractivity contribution >= 4 is 33.1 Å². The highest BCUT2D eigenvalue weighted by Gasteiger charge is 2.42. The van der Waals surface area contributed by atoms with Gasteiger partial charge in [0.1, 0.15) is 17.5 Å². The molecule has 204 valence electrons. The van der Waals surface area contributed by atoms with Gasteiger partial charge in [0, 0.05) is 64.6 Å². The van der Waals surface area contributed by atoms with Crippen LogP contribution in [0.15, 0.2) is 72.8 Å². The molecule has 0 aliphatic carbocycles. The highest BCUT2D eigenvalue weighted by Crippen LogP contribution is 2.31. The SMILES string of the molecule is Cn1c(CCC(CCc2nc3ccccc3n2C)(CCc2nc3ccccc3n2C)[N+](=O)[O-])nc2ccccc21. The van der Waals surface area contributed by atoms with Gasteiger partial charge in [0.25, 0.3) is 0 Å². The van der Waals surface area contributed by atoms with Crippen LogP contribution in [0.4, 0.5) is 0 Å². The summed E-state index contributed by atoms with van der Waals surface area (Å²) in [5.74, 6) is 2.58. The Labute approximate surface area is 232 Å². The molecule has 0 amide bonds. The molecule has 0 aliphatic heterocycles. The lowest BCUT2D eigenvalue weighted by atomic mass is 9.84. The minimum atomic E-state index is -1.16. The average Bonchev–Trinajstić information content (AvgIpc) is 3.59. The van der Waals surface area contributed by atoms with Crippen molar-refractivity contribution in [2.75, 3.05) is 0 Å². The van der Waals surface area contributed by atoms with Gasteiger partial charge in [0.05, 0.1) is 33.1 Å². The van der Waals surface area contributed by atoms with Crippen molar-refractivity contribution in [1.29, 1.82) is 0 Å². The molecule has 9 nitrogen and oxygen atoms in total. The number of imidazole rings is 3. The van der Waals surface area contributed by atoms with Gasteiger partial charge < -0.3 is 13.7 Å². The molecule has 3 heterocycles. The normalized spacial score (nSPS) is 12.2. The molecule has 0 atom stereocenters. The number of nitro groups is 1. The highest BCUT2D eigenvalue weighted by molar-refractivity contribution is 5.77. The smallest absolute Gasteiger partial charge is 0.223 e. The number of aromatic nitrogens is 6.